The number of likely N-dealkylation sites (tertiary alicyclic amines) is 1. The molecular formula is C17H26N2O3S. The maximum atomic E-state index is 12.7. The molecule has 0 spiro atoms. The van der Waals surface area contributed by atoms with Crippen LogP contribution in [-0.2, 0) is 4.79 Å². The third kappa shape index (κ3) is 4.12. The average Bonchev–Trinajstić information content (AvgIpc) is 3.04. The van der Waals surface area contributed by atoms with Crippen LogP contribution >= 0.6 is 11.3 Å². The summed E-state index contributed by atoms with van der Waals surface area (Å²) in [4.78, 5) is 27.2. The standard InChI is InChI=1S/C17H26N2O3S/c1-10-8-13(18-16(22)17(3,4)5)23-14(10)15(21)19-7-6-12(9-19)11(2)20/h8,11-12,20H,6-7,9H2,1-5H3,(H,18,22). The molecule has 1 aliphatic heterocycles. The van der Waals surface area contributed by atoms with E-state index in [0.29, 0.717) is 23.0 Å². The van der Waals surface area contributed by atoms with Crippen molar-refractivity contribution in [2.45, 2.75) is 47.1 Å². The summed E-state index contributed by atoms with van der Waals surface area (Å²) in [7, 11) is 0. The highest BCUT2D eigenvalue weighted by Gasteiger charge is 2.31. The molecule has 2 amide bonds. The lowest BCUT2D eigenvalue weighted by Crippen LogP contribution is -2.30. The number of hydrogen-bond donors (Lipinski definition) is 2. The number of carbonyl (C=O) groups is 2. The Balaban J connectivity index is 2.09. The van der Waals surface area contributed by atoms with Crippen LogP contribution in [0.25, 0.3) is 0 Å². The molecule has 1 saturated heterocycles. The minimum Gasteiger partial charge on any atom is -0.393 e. The minimum atomic E-state index is -0.471. The largest absolute Gasteiger partial charge is 0.393 e. The molecule has 5 nitrogen and oxygen atoms in total. The quantitative estimate of drug-likeness (QED) is 0.890. The molecule has 0 aliphatic carbocycles. The Morgan fingerprint density at radius 1 is 1.43 bits per heavy atom. The van der Waals surface area contributed by atoms with E-state index in [4.69, 9.17) is 0 Å². The van der Waals surface area contributed by atoms with Crippen molar-refractivity contribution in [2.75, 3.05) is 18.4 Å². The van der Waals surface area contributed by atoms with Gasteiger partial charge in [-0.15, -0.1) is 11.3 Å². The molecule has 6 heteroatoms. The van der Waals surface area contributed by atoms with Gasteiger partial charge in [-0.1, -0.05) is 20.8 Å². The number of hydrogen-bond acceptors (Lipinski definition) is 4. The third-order valence-corrected chi connectivity index (χ3v) is 5.36. The van der Waals surface area contributed by atoms with Crippen molar-refractivity contribution in [3.05, 3.63) is 16.5 Å². The first-order valence-corrected chi connectivity index (χ1v) is 8.80. The summed E-state index contributed by atoms with van der Waals surface area (Å²) in [5.41, 5.74) is 0.409. The Morgan fingerprint density at radius 3 is 2.61 bits per heavy atom. The van der Waals surface area contributed by atoms with Crippen molar-refractivity contribution in [3.63, 3.8) is 0 Å². The summed E-state index contributed by atoms with van der Waals surface area (Å²) in [5.74, 6) is 0.0827. The second-order valence-electron chi connectivity index (χ2n) is 7.37. The fraction of sp³-hybridized carbons (Fsp3) is 0.647. The van der Waals surface area contributed by atoms with Gasteiger partial charge in [0.25, 0.3) is 5.91 Å². The topological polar surface area (TPSA) is 69.6 Å². The fourth-order valence-electron chi connectivity index (χ4n) is 2.56. The first-order valence-electron chi connectivity index (χ1n) is 7.99. The van der Waals surface area contributed by atoms with Crippen LogP contribution in [0.15, 0.2) is 6.07 Å². The molecule has 0 saturated carbocycles. The summed E-state index contributed by atoms with van der Waals surface area (Å²) in [5, 5.41) is 13.3. The summed E-state index contributed by atoms with van der Waals surface area (Å²) >= 11 is 1.32. The number of thiophene rings is 1. The lowest BCUT2D eigenvalue weighted by atomic mass is 9.96. The van der Waals surface area contributed by atoms with Crippen LogP contribution in [0.4, 0.5) is 5.00 Å². The number of nitrogens with zero attached hydrogens (tertiary/aromatic N) is 1. The third-order valence-electron chi connectivity index (χ3n) is 4.22. The summed E-state index contributed by atoms with van der Waals surface area (Å²) in [6, 6.07) is 1.85. The molecule has 0 bridgehead atoms. The molecule has 0 radical (unpaired) electrons. The normalized spacial score (nSPS) is 19.7. The van der Waals surface area contributed by atoms with E-state index in [2.05, 4.69) is 5.32 Å². The van der Waals surface area contributed by atoms with Gasteiger partial charge in [0.2, 0.25) is 5.91 Å². The van der Waals surface area contributed by atoms with Crippen LogP contribution < -0.4 is 5.32 Å². The molecule has 2 heterocycles. The number of amides is 2. The predicted molar refractivity (Wildman–Crippen MR) is 92.8 cm³/mol. The zero-order chi connectivity index (χ0) is 17.4. The number of anilines is 1. The van der Waals surface area contributed by atoms with Crippen molar-refractivity contribution in [3.8, 4) is 0 Å². The van der Waals surface area contributed by atoms with Crippen LogP contribution in [0.2, 0.25) is 0 Å². The lowest BCUT2D eigenvalue weighted by molar-refractivity contribution is -0.123. The van der Waals surface area contributed by atoms with Gasteiger partial charge in [0.15, 0.2) is 0 Å². The Kier molecular flexibility index (Phi) is 5.16. The van der Waals surface area contributed by atoms with E-state index in [0.717, 1.165) is 12.0 Å². The zero-order valence-corrected chi connectivity index (χ0v) is 15.3. The SMILES string of the molecule is Cc1cc(NC(=O)C(C)(C)C)sc1C(=O)N1CCC(C(C)O)C1. The molecular weight excluding hydrogens is 312 g/mol. The molecule has 2 atom stereocenters. The molecule has 0 aromatic carbocycles. The van der Waals surface area contributed by atoms with Gasteiger partial charge in [-0.2, -0.15) is 0 Å². The Morgan fingerprint density at radius 2 is 2.09 bits per heavy atom. The molecule has 1 aliphatic rings. The van der Waals surface area contributed by atoms with Crippen LogP contribution in [0, 0.1) is 18.3 Å². The van der Waals surface area contributed by atoms with Gasteiger partial charge in [-0.3, -0.25) is 9.59 Å². The molecule has 2 N–H and O–H groups in total. The smallest absolute Gasteiger partial charge is 0.264 e. The van der Waals surface area contributed by atoms with Gasteiger partial charge in [0.05, 0.1) is 16.0 Å². The van der Waals surface area contributed by atoms with Crippen molar-refractivity contribution in [1.29, 1.82) is 0 Å². The number of rotatable bonds is 3. The first kappa shape index (κ1) is 17.9. The van der Waals surface area contributed by atoms with E-state index in [-0.39, 0.29) is 23.8 Å². The van der Waals surface area contributed by atoms with E-state index in [1.807, 2.05) is 33.8 Å². The van der Waals surface area contributed by atoms with E-state index < -0.39 is 5.41 Å². The highest BCUT2D eigenvalue weighted by Crippen LogP contribution is 2.31. The molecule has 1 fully saturated rings. The number of carbonyl (C=O) groups excluding carboxylic acids is 2. The zero-order valence-electron chi connectivity index (χ0n) is 14.5. The van der Waals surface area contributed by atoms with E-state index in [9.17, 15) is 14.7 Å². The number of aliphatic hydroxyl groups excluding tert-OH is 1. The van der Waals surface area contributed by atoms with Crippen molar-refractivity contribution < 1.29 is 14.7 Å². The monoisotopic (exact) mass is 338 g/mol. The first-order chi connectivity index (χ1) is 10.6. The molecule has 1 aromatic heterocycles. The highest BCUT2D eigenvalue weighted by molar-refractivity contribution is 7.18. The lowest BCUT2D eigenvalue weighted by Gasteiger charge is -2.17. The molecule has 128 valence electrons. The Labute approximate surface area is 141 Å². The number of aliphatic hydroxyl groups is 1. The van der Waals surface area contributed by atoms with E-state index in [1.54, 1.807) is 11.8 Å². The van der Waals surface area contributed by atoms with Gasteiger partial charge in [-0.25, -0.2) is 0 Å². The minimum absolute atomic E-state index is 0.00749. The van der Waals surface area contributed by atoms with Crippen molar-refractivity contribution in [1.82, 2.24) is 4.90 Å². The number of nitrogens with one attached hydrogen (secondary N) is 1. The van der Waals surface area contributed by atoms with E-state index >= 15 is 0 Å². The second kappa shape index (κ2) is 6.61. The van der Waals surface area contributed by atoms with Gasteiger partial charge in [0.1, 0.15) is 0 Å². The van der Waals surface area contributed by atoms with Crippen LogP contribution in [-0.4, -0.2) is 41.0 Å². The summed E-state index contributed by atoms with van der Waals surface area (Å²) < 4.78 is 0. The Hall–Kier alpha value is -1.40. The van der Waals surface area contributed by atoms with Gasteiger partial charge in [0, 0.05) is 24.4 Å². The Bertz CT molecular complexity index is 601. The van der Waals surface area contributed by atoms with Gasteiger partial charge < -0.3 is 15.3 Å². The van der Waals surface area contributed by atoms with Crippen LogP contribution in [0.3, 0.4) is 0 Å². The van der Waals surface area contributed by atoms with Crippen molar-refractivity contribution >= 4 is 28.2 Å². The second-order valence-corrected chi connectivity index (χ2v) is 8.42. The molecule has 2 rings (SSSR count). The fourth-order valence-corrected chi connectivity index (χ4v) is 3.60. The summed E-state index contributed by atoms with van der Waals surface area (Å²) in [6.07, 6.45) is 0.445. The van der Waals surface area contributed by atoms with Crippen LogP contribution in [0.1, 0.15) is 49.4 Å². The summed E-state index contributed by atoms with van der Waals surface area (Å²) in [6.45, 7) is 10.5. The van der Waals surface area contributed by atoms with Crippen LogP contribution in [0.5, 0.6) is 0 Å². The predicted octanol–water partition coefficient (Wildman–Crippen LogP) is 2.88. The number of aryl methyl sites for hydroxylation is 1. The van der Waals surface area contributed by atoms with E-state index in [1.165, 1.54) is 11.3 Å². The average molecular weight is 338 g/mol. The van der Waals surface area contributed by atoms with Gasteiger partial charge >= 0.3 is 0 Å². The maximum Gasteiger partial charge on any atom is 0.264 e. The highest BCUT2D eigenvalue weighted by atomic mass is 32.1. The molecule has 1 aromatic rings. The maximum absolute atomic E-state index is 12.7. The van der Waals surface area contributed by atoms with Gasteiger partial charge in [-0.05, 0) is 31.9 Å². The molecule has 2 unspecified atom stereocenters. The van der Waals surface area contributed by atoms with Crippen molar-refractivity contribution in [2.24, 2.45) is 11.3 Å². The molecule has 23 heavy (non-hydrogen) atoms.